The predicted molar refractivity (Wildman–Crippen MR) is 55.0 cm³/mol. The lowest BCUT2D eigenvalue weighted by Crippen LogP contribution is -1.94. The zero-order valence-corrected chi connectivity index (χ0v) is 8.38. The number of hydrogen-bond acceptors (Lipinski definition) is 1. The molecular formula is C12H13FO. The molecule has 0 aliphatic heterocycles. The molecule has 0 fully saturated rings. The van der Waals surface area contributed by atoms with Gasteiger partial charge in [-0.15, -0.1) is 0 Å². The van der Waals surface area contributed by atoms with E-state index in [1.54, 1.807) is 19.1 Å². The van der Waals surface area contributed by atoms with Crippen LogP contribution in [0.4, 0.5) is 4.39 Å². The lowest BCUT2D eigenvalue weighted by molar-refractivity contribution is 0.104. The van der Waals surface area contributed by atoms with E-state index in [1.807, 2.05) is 19.1 Å². The molecule has 0 N–H and O–H groups in total. The molecule has 0 saturated heterocycles. The Morgan fingerprint density at radius 2 is 1.93 bits per heavy atom. The number of carbonyl (C=O) groups is 1. The monoisotopic (exact) mass is 192 g/mol. The molecule has 1 nitrogen and oxygen atoms in total. The highest BCUT2D eigenvalue weighted by Crippen LogP contribution is 2.08. The minimum Gasteiger partial charge on any atom is -0.289 e. The lowest BCUT2D eigenvalue weighted by atomic mass is 10.1. The zero-order chi connectivity index (χ0) is 10.6. The van der Waals surface area contributed by atoms with Gasteiger partial charge in [-0.2, -0.15) is 0 Å². The van der Waals surface area contributed by atoms with Crippen LogP contribution in [-0.4, -0.2) is 5.78 Å². The van der Waals surface area contributed by atoms with Crippen LogP contribution in [0.2, 0.25) is 0 Å². The first-order chi connectivity index (χ1) is 6.63. The molecule has 1 rings (SSSR count). The van der Waals surface area contributed by atoms with Crippen LogP contribution in [0.1, 0.15) is 29.3 Å². The summed E-state index contributed by atoms with van der Waals surface area (Å²) in [6, 6.07) is 7.09. The normalized spacial score (nSPS) is 11.5. The number of carbonyl (C=O) groups excluding carboxylic acids is 1. The van der Waals surface area contributed by atoms with Gasteiger partial charge in [0, 0.05) is 11.6 Å². The van der Waals surface area contributed by atoms with Crippen LogP contribution in [0.5, 0.6) is 0 Å². The Labute approximate surface area is 83.3 Å². The van der Waals surface area contributed by atoms with Crippen molar-refractivity contribution in [1.29, 1.82) is 0 Å². The summed E-state index contributed by atoms with van der Waals surface area (Å²) in [5, 5.41) is 0. The molecule has 1 aromatic rings. The summed E-state index contributed by atoms with van der Waals surface area (Å²) in [6.07, 6.45) is 1.31. The Morgan fingerprint density at radius 3 is 2.43 bits per heavy atom. The molecule has 14 heavy (non-hydrogen) atoms. The molecule has 0 radical (unpaired) electrons. The fraction of sp³-hybridized carbons (Fsp3) is 0.250. The third kappa shape index (κ3) is 2.80. The standard InChI is InChI=1S/C12H13FO/c1-3-11(13)8-12(14)10-6-4-9(2)5-7-10/h4-8H,3H2,1-2H3/b11-8-. The molecule has 1 aromatic carbocycles. The molecule has 0 atom stereocenters. The van der Waals surface area contributed by atoms with Crippen molar-refractivity contribution in [2.45, 2.75) is 20.3 Å². The van der Waals surface area contributed by atoms with Crippen molar-refractivity contribution in [1.82, 2.24) is 0 Å². The first kappa shape index (κ1) is 10.6. The SMILES string of the molecule is CC/C(F)=C/C(=O)c1ccc(C)cc1. The second kappa shape index (κ2) is 4.70. The maximum atomic E-state index is 12.8. The zero-order valence-electron chi connectivity index (χ0n) is 8.38. The summed E-state index contributed by atoms with van der Waals surface area (Å²) < 4.78 is 12.8. The number of hydrogen-bond donors (Lipinski definition) is 0. The largest absolute Gasteiger partial charge is 0.289 e. The Morgan fingerprint density at radius 1 is 1.36 bits per heavy atom. The van der Waals surface area contributed by atoms with Gasteiger partial charge < -0.3 is 0 Å². The first-order valence-electron chi connectivity index (χ1n) is 4.60. The summed E-state index contributed by atoms with van der Waals surface area (Å²) in [5.74, 6) is -0.653. The molecule has 0 spiro atoms. The van der Waals surface area contributed by atoms with Crippen LogP contribution in [-0.2, 0) is 0 Å². The van der Waals surface area contributed by atoms with Gasteiger partial charge in [0.2, 0.25) is 0 Å². The number of ketones is 1. The van der Waals surface area contributed by atoms with Crippen LogP contribution in [0.25, 0.3) is 0 Å². The molecule has 0 aliphatic rings. The van der Waals surface area contributed by atoms with Gasteiger partial charge >= 0.3 is 0 Å². The average Bonchev–Trinajstić information content (AvgIpc) is 2.18. The van der Waals surface area contributed by atoms with Gasteiger partial charge in [-0.3, -0.25) is 4.79 Å². The number of halogens is 1. The number of allylic oxidation sites excluding steroid dienone is 2. The minimum atomic E-state index is -0.379. The number of benzene rings is 1. The fourth-order valence-corrected chi connectivity index (χ4v) is 1.05. The smallest absolute Gasteiger partial charge is 0.188 e. The molecule has 0 unspecified atom stereocenters. The highest BCUT2D eigenvalue weighted by molar-refractivity contribution is 6.04. The van der Waals surface area contributed by atoms with Gasteiger partial charge in [0.05, 0.1) is 0 Å². The van der Waals surface area contributed by atoms with E-state index >= 15 is 0 Å². The van der Waals surface area contributed by atoms with Crippen molar-refractivity contribution in [3.8, 4) is 0 Å². The third-order valence-corrected chi connectivity index (χ3v) is 1.96. The van der Waals surface area contributed by atoms with Crippen molar-refractivity contribution in [3.63, 3.8) is 0 Å². The van der Waals surface area contributed by atoms with Gasteiger partial charge in [-0.05, 0) is 13.3 Å². The number of rotatable bonds is 3. The molecule has 0 amide bonds. The van der Waals surface area contributed by atoms with Crippen LogP contribution in [0, 0.1) is 6.92 Å². The van der Waals surface area contributed by atoms with E-state index in [2.05, 4.69) is 0 Å². The highest BCUT2D eigenvalue weighted by Gasteiger charge is 2.02. The van der Waals surface area contributed by atoms with E-state index in [0.29, 0.717) is 5.56 Å². The van der Waals surface area contributed by atoms with Crippen molar-refractivity contribution in [2.75, 3.05) is 0 Å². The Bertz CT molecular complexity index is 349. The first-order valence-corrected chi connectivity index (χ1v) is 4.60. The highest BCUT2D eigenvalue weighted by atomic mass is 19.1. The molecule has 0 aliphatic carbocycles. The summed E-state index contributed by atoms with van der Waals surface area (Å²) in [7, 11) is 0. The number of aryl methyl sites for hydroxylation is 1. The van der Waals surface area contributed by atoms with Gasteiger partial charge in [-0.1, -0.05) is 36.8 Å². The van der Waals surface area contributed by atoms with E-state index in [-0.39, 0.29) is 18.0 Å². The summed E-state index contributed by atoms with van der Waals surface area (Å²) in [5.41, 5.74) is 1.61. The van der Waals surface area contributed by atoms with Gasteiger partial charge in [0.1, 0.15) is 5.83 Å². The molecule has 0 bridgehead atoms. The van der Waals surface area contributed by atoms with E-state index in [0.717, 1.165) is 11.6 Å². The van der Waals surface area contributed by atoms with E-state index < -0.39 is 0 Å². The molecule has 0 aromatic heterocycles. The molecule has 0 saturated carbocycles. The van der Waals surface area contributed by atoms with E-state index in [1.165, 1.54) is 0 Å². The topological polar surface area (TPSA) is 17.1 Å². The summed E-state index contributed by atoms with van der Waals surface area (Å²) >= 11 is 0. The molecule has 74 valence electrons. The molecule has 0 heterocycles. The van der Waals surface area contributed by atoms with Crippen LogP contribution < -0.4 is 0 Å². The summed E-state index contributed by atoms with van der Waals surface area (Å²) in [4.78, 5) is 11.4. The van der Waals surface area contributed by atoms with E-state index in [4.69, 9.17) is 0 Å². The van der Waals surface area contributed by atoms with Crippen molar-refractivity contribution >= 4 is 5.78 Å². The molecule has 2 heteroatoms. The Balaban J connectivity index is 2.85. The van der Waals surface area contributed by atoms with Gasteiger partial charge in [0.25, 0.3) is 0 Å². The maximum absolute atomic E-state index is 12.8. The van der Waals surface area contributed by atoms with E-state index in [9.17, 15) is 9.18 Å². The second-order valence-electron chi connectivity index (χ2n) is 3.18. The minimum absolute atomic E-state index is 0.262. The maximum Gasteiger partial charge on any atom is 0.188 e. The average molecular weight is 192 g/mol. The van der Waals surface area contributed by atoms with Crippen molar-refractivity contribution < 1.29 is 9.18 Å². The van der Waals surface area contributed by atoms with Gasteiger partial charge in [-0.25, -0.2) is 4.39 Å². The quantitative estimate of drug-likeness (QED) is 0.529. The van der Waals surface area contributed by atoms with Crippen molar-refractivity contribution in [2.24, 2.45) is 0 Å². The Kier molecular flexibility index (Phi) is 3.57. The molecular weight excluding hydrogens is 179 g/mol. The summed E-state index contributed by atoms with van der Waals surface area (Å²) in [6.45, 7) is 3.62. The Hall–Kier alpha value is -1.44. The van der Waals surface area contributed by atoms with Crippen molar-refractivity contribution in [3.05, 3.63) is 47.3 Å². The second-order valence-corrected chi connectivity index (χ2v) is 3.18. The lowest BCUT2D eigenvalue weighted by Gasteiger charge is -1.96. The van der Waals surface area contributed by atoms with Crippen LogP contribution in [0.15, 0.2) is 36.2 Å². The predicted octanol–water partition coefficient (Wildman–Crippen LogP) is 3.44. The van der Waals surface area contributed by atoms with Crippen LogP contribution >= 0.6 is 0 Å². The fourth-order valence-electron chi connectivity index (χ4n) is 1.05. The third-order valence-electron chi connectivity index (χ3n) is 1.96. The van der Waals surface area contributed by atoms with Crippen LogP contribution in [0.3, 0.4) is 0 Å². The van der Waals surface area contributed by atoms with Gasteiger partial charge in [0.15, 0.2) is 5.78 Å².